The Kier molecular flexibility index (Phi) is 5.47. The van der Waals surface area contributed by atoms with Crippen molar-refractivity contribution in [2.75, 3.05) is 6.26 Å². The van der Waals surface area contributed by atoms with E-state index >= 15 is 0 Å². The van der Waals surface area contributed by atoms with Crippen LogP contribution in [0, 0.1) is 0 Å². The number of hydrogen-bond acceptors (Lipinski definition) is 4. The van der Waals surface area contributed by atoms with Crippen molar-refractivity contribution in [3.8, 4) is 0 Å². The molecule has 0 aliphatic heterocycles. The van der Waals surface area contributed by atoms with Crippen molar-refractivity contribution in [2.45, 2.75) is 18.9 Å². The number of nitrogens with two attached hydrogens (primary N) is 1. The van der Waals surface area contributed by atoms with Crippen molar-refractivity contribution in [1.29, 1.82) is 0 Å². The molecule has 116 valence electrons. The Hall–Kier alpha value is -1.90. The van der Waals surface area contributed by atoms with Crippen LogP contribution in [0.4, 0.5) is 0 Å². The fourth-order valence-electron chi connectivity index (χ4n) is 1.88. The maximum Gasteiger partial charge on any atom is 0.321 e. The van der Waals surface area contributed by atoms with Gasteiger partial charge in [-0.15, -0.1) is 0 Å². The number of carboxylic acid groups (broad SMARTS) is 1. The van der Waals surface area contributed by atoms with Crippen molar-refractivity contribution < 1.29 is 22.9 Å². The summed E-state index contributed by atoms with van der Waals surface area (Å²) in [7, 11) is -3.67. The molecule has 0 aliphatic carbocycles. The monoisotopic (exact) mass is 314 g/mol. The first kappa shape index (κ1) is 17.2. The Balaban J connectivity index is 0.000000383. The fourth-order valence-corrected chi connectivity index (χ4v) is 1.88. The Morgan fingerprint density at radius 2 is 1.86 bits per heavy atom. The van der Waals surface area contributed by atoms with Gasteiger partial charge < -0.3 is 15.8 Å². The third-order valence-electron chi connectivity index (χ3n) is 2.94. The molecule has 2 atom stereocenters. The van der Waals surface area contributed by atoms with Crippen molar-refractivity contribution in [2.24, 2.45) is 5.73 Å². The zero-order valence-corrected chi connectivity index (χ0v) is 12.5. The summed E-state index contributed by atoms with van der Waals surface area (Å²) in [4.78, 5) is 14.0. The van der Waals surface area contributed by atoms with E-state index in [-0.39, 0.29) is 5.92 Å². The highest BCUT2D eigenvalue weighted by molar-refractivity contribution is 7.85. The average molecular weight is 314 g/mol. The molecule has 1 aromatic heterocycles. The molecule has 2 aromatic rings. The lowest BCUT2D eigenvalue weighted by Crippen LogP contribution is -2.35. The molecular weight excluding hydrogens is 296 g/mol. The molecule has 8 heteroatoms. The van der Waals surface area contributed by atoms with Crippen molar-refractivity contribution in [3.63, 3.8) is 0 Å². The Bertz CT molecular complexity index is 715. The van der Waals surface area contributed by atoms with E-state index in [2.05, 4.69) is 4.98 Å². The fraction of sp³-hybridized carbons (Fsp3) is 0.308. The van der Waals surface area contributed by atoms with Crippen molar-refractivity contribution in [3.05, 3.63) is 36.0 Å². The number of benzene rings is 1. The van der Waals surface area contributed by atoms with Crippen LogP contribution in [-0.4, -0.2) is 41.3 Å². The minimum Gasteiger partial charge on any atom is -0.480 e. The second kappa shape index (κ2) is 6.70. The Labute approximate surface area is 122 Å². The van der Waals surface area contributed by atoms with Gasteiger partial charge in [-0.2, -0.15) is 8.42 Å². The number of aromatic amines is 1. The van der Waals surface area contributed by atoms with Gasteiger partial charge in [-0.25, -0.2) is 0 Å². The van der Waals surface area contributed by atoms with Crippen molar-refractivity contribution >= 4 is 27.0 Å². The molecule has 0 unspecified atom stereocenters. The molecule has 21 heavy (non-hydrogen) atoms. The lowest BCUT2D eigenvalue weighted by Gasteiger charge is -2.15. The highest BCUT2D eigenvalue weighted by atomic mass is 32.2. The quantitative estimate of drug-likeness (QED) is 0.629. The number of carbonyl (C=O) groups is 1. The summed E-state index contributed by atoms with van der Waals surface area (Å²) in [6.45, 7) is 1.83. The summed E-state index contributed by atoms with van der Waals surface area (Å²) in [5.74, 6) is -1.19. The molecule has 0 saturated heterocycles. The van der Waals surface area contributed by atoms with Crippen LogP contribution < -0.4 is 5.73 Å². The molecule has 1 heterocycles. The van der Waals surface area contributed by atoms with Gasteiger partial charge in [0.25, 0.3) is 10.1 Å². The number of para-hydroxylation sites is 1. The maximum absolute atomic E-state index is 10.8. The largest absolute Gasteiger partial charge is 0.480 e. The standard InChI is InChI=1S/C12H14N2O2.CH4O3S/c1-7(11(13)12(15)16)9-6-14-10-5-3-2-4-8(9)10;1-5(2,3)4/h2-7,11,14H,13H2,1H3,(H,15,16);1H3,(H,2,3,4)/t7-,11+;/m0./s1. The van der Waals surface area contributed by atoms with Gasteiger partial charge in [0.05, 0.1) is 6.26 Å². The van der Waals surface area contributed by atoms with Crippen LogP contribution >= 0.6 is 0 Å². The summed E-state index contributed by atoms with van der Waals surface area (Å²) in [5, 5.41) is 9.92. The van der Waals surface area contributed by atoms with Gasteiger partial charge in [-0.05, 0) is 11.6 Å². The zero-order chi connectivity index (χ0) is 16.2. The van der Waals surface area contributed by atoms with Crippen LogP contribution in [0.5, 0.6) is 0 Å². The Morgan fingerprint density at radius 1 is 1.33 bits per heavy atom. The van der Waals surface area contributed by atoms with E-state index in [9.17, 15) is 13.2 Å². The van der Waals surface area contributed by atoms with Crippen LogP contribution in [-0.2, 0) is 14.9 Å². The van der Waals surface area contributed by atoms with Gasteiger partial charge in [0, 0.05) is 23.0 Å². The van der Waals surface area contributed by atoms with E-state index in [1.54, 1.807) is 0 Å². The Morgan fingerprint density at radius 3 is 2.38 bits per heavy atom. The van der Waals surface area contributed by atoms with Gasteiger partial charge in [-0.1, -0.05) is 25.1 Å². The van der Waals surface area contributed by atoms with E-state index in [1.165, 1.54) is 0 Å². The second-order valence-electron chi connectivity index (χ2n) is 4.68. The molecule has 7 nitrogen and oxygen atoms in total. The summed E-state index contributed by atoms with van der Waals surface area (Å²) in [6, 6.07) is 6.91. The average Bonchev–Trinajstić information content (AvgIpc) is 2.78. The second-order valence-corrected chi connectivity index (χ2v) is 6.14. The number of fused-ring (bicyclic) bond motifs is 1. The smallest absolute Gasteiger partial charge is 0.321 e. The number of rotatable bonds is 3. The maximum atomic E-state index is 10.8. The van der Waals surface area contributed by atoms with E-state index in [0.717, 1.165) is 16.5 Å². The number of aromatic nitrogens is 1. The van der Waals surface area contributed by atoms with Crippen LogP contribution in [0.25, 0.3) is 10.9 Å². The summed E-state index contributed by atoms with van der Waals surface area (Å²) >= 11 is 0. The van der Waals surface area contributed by atoms with Crippen molar-refractivity contribution in [1.82, 2.24) is 4.98 Å². The van der Waals surface area contributed by atoms with Gasteiger partial charge in [0.2, 0.25) is 0 Å². The molecule has 5 N–H and O–H groups in total. The summed E-state index contributed by atoms with van der Waals surface area (Å²) < 4.78 is 25.9. The molecule has 0 amide bonds. The van der Waals surface area contributed by atoms with Crippen LogP contribution in [0.3, 0.4) is 0 Å². The number of aliphatic carboxylic acids is 1. The lowest BCUT2D eigenvalue weighted by molar-refractivity contribution is -0.138. The number of nitrogens with one attached hydrogen (secondary N) is 1. The highest BCUT2D eigenvalue weighted by Crippen LogP contribution is 2.26. The first-order valence-corrected chi connectivity index (χ1v) is 7.93. The van der Waals surface area contributed by atoms with Gasteiger partial charge in [0.15, 0.2) is 0 Å². The van der Waals surface area contributed by atoms with Crippen LogP contribution in [0.15, 0.2) is 30.5 Å². The third kappa shape index (κ3) is 5.18. The topological polar surface area (TPSA) is 133 Å². The highest BCUT2D eigenvalue weighted by Gasteiger charge is 2.23. The molecule has 0 saturated carbocycles. The number of carboxylic acids is 1. The van der Waals surface area contributed by atoms with Crippen LogP contribution in [0.1, 0.15) is 18.4 Å². The summed E-state index contributed by atoms with van der Waals surface area (Å²) in [5.41, 5.74) is 7.58. The van der Waals surface area contributed by atoms with E-state index in [4.69, 9.17) is 15.4 Å². The molecule has 1 aromatic carbocycles. The zero-order valence-electron chi connectivity index (χ0n) is 11.6. The van der Waals surface area contributed by atoms with Gasteiger partial charge in [0.1, 0.15) is 6.04 Å². The molecule has 0 spiro atoms. The normalized spacial score (nSPS) is 14.1. The first-order chi connectivity index (χ1) is 9.61. The minimum atomic E-state index is -3.67. The lowest BCUT2D eigenvalue weighted by atomic mass is 9.93. The molecule has 0 aliphatic rings. The van der Waals surface area contributed by atoms with Gasteiger partial charge >= 0.3 is 5.97 Å². The minimum absolute atomic E-state index is 0.214. The molecular formula is C13H18N2O5S. The molecule has 2 rings (SSSR count). The molecule has 0 fully saturated rings. The number of H-pyrrole nitrogens is 1. The molecule has 0 bridgehead atoms. The van der Waals surface area contributed by atoms with E-state index in [1.807, 2.05) is 37.4 Å². The SMILES string of the molecule is CS(=O)(=O)O.C[C@@H](c1c[nH]c2ccccc12)[C@@H](N)C(=O)O. The van der Waals surface area contributed by atoms with Crippen LogP contribution in [0.2, 0.25) is 0 Å². The first-order valence-electron chi connectivity index (χ1n) is 6.08. The third-order valence-corrected chi connectivity index (χ3v) is 2.94. The summed E-state index contributed by atoms with van der Waals surface area (Å²) in [6.07, 6.45) is 2.55. The predicted molar refractivity (Wildman–Crippen MR) is 79.8 cm³/mol. The van der Waals surface area contributed by atoms with Gasteiger partial charge in [-0.3, -0.25) is 9.35 Å². The predicted octanol–water partition coefficient (Wildman–Crippen LogP) is 1.19. The molecule has 0 radical (unpaired) electrons. The number of hydrogen-bond donors (Lipinski definition) is 4. The van der Waals surface area contributed by atoms with E-state index < -0.39 is 22.1 Å². The van der Waals surface area contributed by atoms with E-state index in [0.29, 0.717) is 6.26 Å².